The van der Waals surface area contributed by atoms with E-state index in [9.17, 15) is 4.79 Å². The molecule has 1 unspecified atom stereocenters. The molecule has 18 heavy (non-hydrogen) atoms. The Kier molecular flexibility index (Phi) is 9.91. The van der Waals surface area contributed by atoms with Crippen LogP contribution in [0.25, 0.3) is 0 Å². The quantitative estimate of drug-likeness (QED) is 0.743. The number of ether oxygens (including phenoxy) is 1. The zero-order valence-corrected chi connectivity index (χ0v) is 11.5. The van der Waals surface area contributed by atoms with Crippen molar-refractivity contribution in [2.45, 2.75) is 19.4 Å². The summed E-state index contributed by atoms with van der Waals surface area (Å²) in [5.41, 5.74) is 2.20. The number of hydrogen-bond donors (Lipinski definition) is 2. The van der Waals surface area contributed by atoms with Crippen molar-refractivity contribution in [1.29, 1.82) is 0 Å². The lowest BCUT2D eigenvalue weighted by molar-refractivity contribution is -0.108. The average molecular weight is 252 g/mol. The molecule has 1 heterocycles. The van der Waals surface area contributed by atoms with Crippen LogP contribution in [-0.4, -0.2) is 39.6 Å². The Morgan fingerprint density at radius 3 is 2.67 bits per heavy atom. The lowest BCUT2D eigenvalue weighted by atomic mass is 10.1. The molecule has 0 aromatic carbocycles. The van der Waals surface area contributed by atoms with Crippen LogP contribution in [0.1, 0.15) is 13.3 Å². The van der Waals surface area contributed by atoms with Gasteiger partial charge in [-0.25, -0.2) is 0 Å². The molecule has 0 spiro atoms. The number of hydrogen-bond acceptors (Lipinski definition) is 4. The van der Waals surface area contributed by atoms with Crippen molar-refractivity contribution in [3.8, 4) is 0 Å². The number of methoxy groups -OCH3 is 1. The molecule has 0 bridgehead atoms. The van der Waals surface area contributed by atoms with E-state index >= 15 is 0 Å². The minimum atomic E-state index is 0.172. The summed E-state index contributed by atoms with van der Waals surface area (Å²) in [5.74, 6) is 0. The first-order chi connectivity index (χ1) is 8.73. The normalized spacial score (nSPS) is 19.6. The van der Waals surface area contributed by atoms with Crippen LogP contribution < -0.4 is 10.6 Å². The van der Waals surface area contributed by atoms with Gasteiger partial charge in [-0.2, -0.15) is 0 Å². The van der Waals surface area contributed by atoms with Gasteiger partial charge < -0.3 is 20.2 Å². The molecule has 0 aromatic heterocycles. The fraction of sp³-hybridized carbons (Fsp3) is 0.500. The van der Waals surface area contributed by atoms with Gasteiger partial charge in [-0.15, -0.1) is 0 Å². The molecule has 0 saturated carbocycles. The highest BCUT2D eigenvalue weighted by Crippen LogP contribution is 2.09. The Morgan fingerprint density at radius 2 is 2.17 bits per heavy atom. The van der Waals surface area contributed by atoms with Crippen LogP contribution in [-0.2, 0) is 9.53 Å². The van der Waals surface area contributed by atoms with Crippen molar-refractivity contribution < 1.29 is 9.53 Å². The number of nitrogens with one attached hydrogen (secondary N) is 2. The van der Waals surface area contributed by atoms with Crippen molar-refractivity contribution >= 4 is 6.29 Å². The molecule has 4 nitrogen and oxygen atoms in total. The summed E-state index contributed by atoms with van der Waals surface area (Å²) in [6.45, 7) is 7.36. The van der Waals surface area contributed by atoms with Gasteiger partial charge in [0.2, 0.25) is 0 Å². The average Bonchev–Trinajstić information content (AvgIpc) is 2.53. The van der Waals surface area contributed by atoms with Crippen LogP contribution in [0.3, 0.4) is 0 Å². The van der Waals surface area contributed by atoms with E-state index < -0.39 is 0 Å². The smallest absolute Gasteiger partial charge is 0.122 e. The van der Waals surface area contributed by atoms with Gasteiger partial charge in [0.1, 0.15) is 6.29 Å². The summed E-state index contributed by atoms with van der Waals surface area (Å²) in [6.07, 6.45) is 7.32. The molecular weight excluding hydrogens is 228 g/mol. The Bertz CT molecular complexity index is 309. The predicted molar refractivity (Wildman–Crippen MR) is 75.4 cm³/mol. The third-order valence-corrected chi connectivity index (χ3v) is 2.37. The van der Waals surface area contributed by atoms with Crippen LogP contribution >= 0.6 is 0 Å². The second kappa shape index (κ2) is 10.7. The molecule has 0 saturated heterocycles. The van der Waals surface area contributed by atoms with E-state index in [1.54, 1.807) is 14.2 Å². The molecular formula is C14H24N2O2. The molecule has 4 heteroatoms. The van der Waals surface area contributed by atoms with Crippen LogP contribution in [0.15, 0.2) is 36.1 Å². The summed E-state index contributed by atoms with van der Waals surface area (Å²) < 4.78 is 4.25. The third-order valence-electron chi connectivity index (χ3n) is 2.37. The first-order valence-electron chi connectivity index (χ1n) is 6.02. The van der Waals surface area contributed by atoms with Crippen LogP contribution in [0.5, 0.6) is 0 Å². The van der Waals surface area contributed by atoms with Crippen LogP contribution in [0.4, 0.5) is 0 Å². The zero-order valence-electron chi connectivity index (χ0n) is 11.5. The summed E-state index contributed by atoms with van der Waals surface area (Å²) in [4.78, 5) is 10.5. The van der Waals surface area contributed by atoms with Gasteiger partial charge in [-0.05, 0) is 18.6 Å². The van der Waals surface area contributed by atoms with E-state index in [4.69, 9.17) is 0 Å². The molecule has 102 valence electrons. The van der Waals surface area contributed by atoms with Gasteiger partial charge in [-0.3, -0.25) is 0 Å². The molecule has 2 N–H and O–H groups in total. The Hall–Kier alpha value is -1.39. The van der Waals surface area contributed by atoms with Crippen molar-refractivity contribution in [1.82, 2.24) is 10.6 Å². The van der Waals surface area contributed by atoms with Crippen molar-refractivity contribution in [3.05, 3.63) is 36.1 Å². The second-order valence-electron chi connectivity index (χ2n) is 3.93. The lowest BCUT2D eigenvalue weighted by Gasteiger charge is -2.15. The van der Waals surface area contributed by atoms with Crippen LogP contribution in [0, 0.1) is 0 Å². The maximum atomic E-state index is 10.5. The highest BCUT2D eigenvalue weighted by atomic mass is 16.4. The minimum Gasteiger partial charge on any atom is -0.388 e. The number of allylic oxidation sites excluding steroid dienone is 2. The highest BCUT2D eigenvalue weighted by Gasteiger charge is 2.13. The van der Waals surface area contributed by atoms with E-state index in [0.29, 0.717) is 6.42 Å². The zero-order chi connectivity index (χ0) is 13.8. The molecule has 0 aliphatic carbocycles. The summed E-state index contributed by atoms with van der Waals surface area (Å²) in [6, 6.07) is 0.172. The SMILES string of the molecule is C=CC1=C(/C=C\C)NC(CC=O)CNC1.COC. The third kappa shape index (κ3) is 6.37. The second-order valence-corrected chi connectivity index (χ2v) is 3.93. The largest absolute Gasteiger partial charge is 0.388 e. The van der Waals surface area contributed by atoms with Gasteiger partial charge in [0, 0.05) is 45.5 Å². The van der Waals surface area contributed by atoms with E-state index in [0.717, 1.165) is 30.6 Å². The highest BCUT2D eigenvalue weighted by molar-refractivity contribution is 5.51. The molecule has 1 rings (SSSR count). The van der Waals surface area contributed by atoms with E-state index in [2.05, 4.69) is 21.9 Å². The van der Waals surface area contributed by atoms with E-state index in [-0.39, 0.29) is 6.04 Å². The number of carbonyl (C=O) groups excluding carboxylic acids is 1. The Labute approximate surface area is 110 Å². The standard InChI is InChI=1S/C12H18N2O.C2H6O/c1-3-5-12-10(4-2)8-13-9-11(14-12)6-7-15;1-3-2/h3-5,7,11,13-14H,2,6,8-9H2,1H3;1-2H3/b5-3-;. The molecule has 0 amide bonds. The predicted octanol–water partition coefficient (Wildman–Crippen LogP) is 1.42. The first-order valence-corrected chi connectivity index (χ1v) is 6.02. The topological polar surface area (TPSA) is 50.4 Å². The molecule has 1 aliphatic rings. The maximum Gasteiger partial charge on any atom is 0.122 e. The van der Waals surface area contributed by atoms with Gasteiger partial charge in [0.15, 0.2) is 0 Å². The Morgan fingerprint density at radius 1 is 1.50 bits per heavy atom. The first kappa shape index (κ1) is 16.6. The molecule has 0 aromatic rings. The summed E-state index contributed by atoms with van der Waals surface area (Å²) in [5, 5.41) is 6.63. The van der Waals surface area contributed by atoms with Gasteiger partial charge in [0.05, 0.1) is 0 Å². The fourth-order valence-corrected chi connectivity index (χ4v) is 1.60. The van der Waals surface area contributed by atoms with E-state index in [1.807, 2.05) is 25.2 Å². The minimum absolute atomic E-state index is 0.172. The van der Waals surface area contributed by atoms with Gasteiger partial charge in [-0.1, -0.05) is 18.7 Å². The maximum absolute atomic E-state index is 10.5. The van der Waals surface area contributed by atoms with Crippen LogP contribution in [0.2, 0.25) is 0 Å². The lowest BCUT2D eigenvalue weighted by Crippen LogP contribution is -2.35. The van der Waals surface area contributed by atoms with Crippen molar-refractivity contribution in [3.63, 3.8) is 0 Å². The van der Waals surface area contributed by atoms with E-state index in [1.165, 1.54) is 0 Å². The summed E-state index contributed by atoms with van der Waals surface area (Å²) >= 11 is 0. The molecule has 1 atom stereocenters. The summed E-state index contributed by atoms with van der Waals surface area (Å²) in [7, 11) is 3.25. The monoisotopic (exact) mass is 252 g/mol. The van der Waals surface area contributed by atoms with Crippen molar-refractivity contribution in [2.24, 2.45) is 0 Å². The molecule has 1 aliphatic heterocycles. The fourth-order valence-electron chi connectivity index (χ4n) is 1.60. The molecule has 0 radical (unpaired) electrons. The van der Waals surface area contributed by atoms with Gasteiger partial charge in [0.25, 0.3) is 0 Å². The number of aldehydes is 1. The number of carbonyl (C=O) groups is 1. The van der Waals surface area contributed by atoms with Gasteiger partial charge >= 0.3 is 0 Å². The van der Waals surface area contributed by atoms with Crippen molar-refractivity contribution in [2.75, 3.05) is 27.3 Å². The number of rotatable bonds is 4. The Balaban J connectivity index is 0.000000873. The molecule has 0 fully saturated rings.